The molecule has 2 N–H and O–H groups in total. The second-order valence-electron chi connectivity index (χ2n) is 4.32. The van der Waals surface area contributed by atoms with Gasteiger partial charge in [-0.3, -0.25) is 19.5 Å². The fourth-order valence-corrected chi connectivity index (χ4v) is 2.13. The van der Waals surface area contributed by atoms with Crippen molar-refractivity contribution in [3.05, 3.63) is 32.8 Å². The zero-order valence-corrected chi connectivity index (χ0v) is 10.0. The molecule has 19 heavy (non-hydrogen) atoms. The molecule has 0 aliphatic carbocycles. The quantitative estimate of drug-likeness (QED) is 0.700. The predicted octanol–water partition coefficient (Wildman–Crippen LogP) is -1.39. The zero-order chi connectivity index (χ0) is 14.0. The Balaban J connectivity index is 2.17. The van der Waals surface area contributed by atoms with E-state index in [0.29, 0.717) is 19.4 Å². The predicted molar refractivity (Wildman–Crippen MR) is 63.7 cm³/mol. The molecule has 0 spiro atoms. The number of aliphatic carboxylic acids is 1. The summed E-state index contributed by atoms with van der Waals surface area (Å²) in [6.07, 6.45) is 1.02. The summed E-state index contributed by atoms with van der Waals surface area (Å²) in [5.41, 5.74) is -1.01. The van der Waals surface area contributed by atoms with Crippen molar-refractivity contribution in [3.63, 3.8) is 0 Å². The van der Waals surface area contributed by atoms with Crippen molar-refractivity contribution in [1.82, 2.24) is 14.7 Å². The van der Waals surface area contributed by atoms with Crippen LogP contribution in [0.1, 0.15) is 12.8 Å². The van der Waals surface area contributed by atoms with Gasteiger partial charge >= 0.3 is 5.97 Å². The summed E-state index contributed by atoms with van der Waals surface area (Å²) >= 11 is 0. The molecule has 1 fully saturated rings. The number of carbonyl (C=O) groups is 2. The number of rotatable bonds is 3. The lowest BCUT2D eigenvalue weighted by atomic mass is 10.2. The van der Waals surface area contributed by atoms with Gasteiger partial charge in [-0.05, 0) is 12.8 Å². The van der Waals surface area contributed by atoms with Crippen molar-refractivity contribution in [1.29, 1.82) is 0 Å². The van der Waals surface area contributed by atoms with Gasteiger partial charge in [-0.25, -0.2) is 9.48 Å². The third kappa shape index (κ3) is 2.72. The normalized spacial score (nSPS) is 18.5. The monoisotopic (exact) mass is 267 g/mol. The molecule has 1 aliphatic heterocycles. The van der Waals surface area contributed by atoms with Gasteiger partial charge in [0.1, 0.15) is 12.6 Å². The van der Waals surface area contributed by atoms with Crippen LogP contribution in [0.3, 0.4) is 0 Å². The maximum Gasteiger partial charge on any atom is 0.326 e. The van der Waals surface area contributed by atoms with Crippen molar-refractivity contribution < 1.29 is 14.7 Å². The highest BCUT2D eigenvalue weighted by atomic mass is 16.4. The Kier molecular flexibility index (Phi) is 3.50. The van der Waals surface area contributed by atoms with E-state index in [2.05, 4.69) is 5.10 Å². The van der Waals surface area contributed by atoms with Crippen LogP contribution in [0.5, 0.6) is 0 Å². The third-order valence-electron chi connectivity index (χ3n) is 3.04. The number of nitrogens with one attached hydrogen (secondary N) is 1. The number of amides is 1. The molecule has 102 valence electrons. The third-order valence-corrected chi connectivity index (χ3v) is 3.04. The Hall–Kier alpha value is -2.38. The van der Waals surface area contributed by atoms with E-state index in [0.717, 1.165) is 16.8 Å². The molecule has 0 radical (unpaired) electrons. The van der Waals surface area contributed by atoms with Gasteiger partial charge in [0, 0.05) is 18.7 Å². The van der Waals surface area contributed by atoms with Crippen LogP contribution in [-0.4, -0.2) is 44.3 Å². The van der Waals surface area contributed by atoms with Gasteiger partial charge in [-0.1, -0.05) is 0 Å². The molecule has 8 nitrogen and oxygen atoms in total. The number of nitrogens with zero attached hydrogens (tertiary/aromatic N) is 2. The van der Waals surface area contributed by atoms with Crippen LogP contribution in [0.4, 0.5) is 0 Å². The molecule has 1 saturated heterocycles. The number of hydrogen-bond donors (Lipinski definition) is 2. The molecule has 1 aromatic heterocycles. The average molecular weight is 267 g/mol. The van der Waals surface area contributed by atoms with E-state index in [9.17, 15) is 19.2 Å². The topological polar surface area (TPSA) is 112 Å². The summed E-state index contributed by atoms with van der Waals surface area (Å²) in [5.74, 6) is -1.55. The van der Waals surface area contributed by atoms with Crippen LogP contribution >= 0.6 is 0 Å². The molecule has 0 aromatic carbocycles. The van der Waals surface area contributed by atoms with Crippen molar-refractivity contribution in [2.24, 2.45) is 0 Å². The number of hydrogen-bond acceptors (Lipinski definition) is 4. The fourth-order valence-electron chi connectivity index (χ4n) is 2.13. The van der Waals surface area contributed by atoms with Gasteiger partial charge < -0.3 is 10.0 Å². The van der Waals surface area contributed by atoms with Crippen LogP contribution in [0, 0.1) is 0 Å². The number of carbonyl (C=O) groups excluding carboxylic acids is 1. The highest BCUT2D eigenvalue weighted by Gasteiger charge is 2.33. The Labute approximate surface area is 107 Å². The lowest BCUT2D eigenvalue weighted by molar-refractivity contribution is -0.148. The molecular weight excluding hydrogens is 254 g/mol. The van der Waals surface area contributed by atoms with E-state index in [1.54, 1.807) is 0 Å². The molecule has 1 aliphatic rings. The molecule has 8 heteroatoms. The smallest absolute Gasteiger partial charge is 0.326 e. The number of aromatic nitrogens is 2. The Bertz CT molecular complexity index is 617. The Morgan fingerprint density at radius 2 is 2.11 bits per heavy atom. The SMILES string of the molecule is O=C(O)[C@H]1CCCN1C(=O)Cn1[nH]c(=O)ccc1=O. The van der Waals surface area contributed by atoms with Gasteiger partial charge in [0.25, 0.3) is 11.1 Å². The second-order valence-corrected chi connectivity index (χ2v) is 4.32. The minimum Gasteiger partial charge on any atom is -0.480 e. The Morgan fingerprint density at radius 1 is 1.37 bits per heavy atom. The first-order valence-electron chi connectivity index (χ1n) is 5.81. The zero-order valence-electron chi connectivity index (χ0n) is 10.0. The van der Waals surface area contributed by atoms with Crippen molar-refractivity contribution in [3.8, 4) is 0 Å². The first-order valence-corrected chi connectivity index (χ1v) is 5.81. The summed E-state index contributed by atoms with van der Waals surface area (Å²) in [5, 5.41) is 11.2. The first kappa shape index (κ1) is 13.1. The number of aromatic amines is 1. The molecule has 0 unspecified atom stereocenters. The summed E-state index contributed by atoms with van der Waals surface area (Å²) in [6.45, 7) is -0.0136. The first-order chi connectivity index (χ1) is 8.99. The standard InChI is InChI=1S/C11H13N3O5/c15-8-3-4-9(16)14(12-8)6-10(17)13-5-1-2-7(13)11(18)19/h3-4,7H,1-2,5-6H2,(H,12,15)(H,18,19)/t7-/m1/s1. The summed E-state index contributed by atoms with van der Waals surface area (Å²) < 4.78 is 0.877. The molecule has 0 saturated carbocycles. The highest BCUT2D eigenvalue weighted by Crippen LogP contribution is 2.17. The maximum atomic E-state index is 12.0. The maximum absolute atomic E-state index is 12.0. The van der Waals surface area contributed by atoms with Gasteiger partial charge in [0.15, 0.2) is 0 Å². The number of carboxylic acids is 1. The van der Waals surface area contributed by atoms with Crippen LogP contribution in [-0.2, 0) is 16.1 Å². The molecule has 2 rings (SSSR count). The van der Waals surface area contributed by atoms with Crippen LogP contribution in [0.15, 0.2) is 21.7 Å². The van der Waals surface area contributed by atoms with Crippen LogP contribution < -0.4 is 11.1 Å². The van der Waals surface area contributed by atoms with E-state index < -0.39 is 29.0 Å². The minimum atomic E-state index is -1.06. The van der Waals surface area contributed by atoms with Crippen molar-refractivity contribution >= 4 is 11.9 Å². The molecule has 1 amide bonds. The Morgan fingerprint density at radius 3 is 2.79 bits per heavy atom. The highest BCUT2D eigenvalue weighted by molar-refractivity contribution is 5.84. The van der Waals surface area contributed by atoms with E-state index in [1.165, 1.54) is 4.90 Å². The van der Waals surface area contributed by atoms with Gasteiger partial charge in [-0.2, -0.15) is 0 Å². The summed E-state index contributed by atoms with van der Waals surface area (Å²) in [6, 6.07) is 1.28. The molecule has 0 bridgehead atoms. The van der Waals surface area contributed by atoms with Gasteiger partial charge in [0.05, 0.1) is 0 Å². The number of carboxylic acid groups (broad SMARTS) is 1. The number of H-pyrrole nitrogens is 1. The van der Waals surface area contributed by atoms with E-state index in [1.807, 2.05) is 0 Å². The fraction of sp³-hybridized carbons (Fsp3) is 0.455. The van der Waals surface area contributed by atoms with E-state index in [-0.39, 0.29) is 6.54 Å². The van der Waals surface area contributed by atoms with Crippen molar-refractivity contribution in [2.75, 3.05) is 6.54 Å². The minimum absolute atomic E-state index is 0.349. The van der Waals surface area contributed by atoms with E-state index in [4.69, 9.17) is 5.11 Å². The summed E-state index contributed by atoms with van der Waals surface area (Å²) in [7, 11) is 0. The largest absolute Gasteiger partial charge is 0.480 e. The van der Waals surface area contributed by atoms with Crippen molar-refractivity contribution in [2.45, 2.75) is 25.4 Å². The van der Waals surface area contributed by atoms with Gasteiger partial charge in [0.2, 0.25) is 5.91 Å². The van der Waals surface area contributed by atoms with Gasteiger partial charge in [-0.15, -0.1) is 0 Å². The van der Waals surface area contributed by atoms with E-state index >= 15 is 0 Å². The van der Waals surface area contributed by atoms with Crippen LogP contribution in [0.25, 0.3) is 0 Å². The molecule has 2 heterocycles. The molecule has 1 atom stereocenters. The lowest BCUT2D eigenvalue weighted by Gasteiger charge is -2.21. The molecular formula is C11H13N3O5. The van der Waals surface area contributed by atoms with Crippen LogP contribution in [0.2, 0.25) is 0 Å². The summed E-state index contributed by atoms with van der Waals surface area (Å²) in [4.78, 5) is 46.7. The second kappa shape index (κ2) is 5.09. The number of likely N-dealkylation sites (tertiary alicyclic amines) is 1. The molecule has 1 aromatic rings. The average Bonchev–Trinajstić information content (AvgIpc) is 2.83. The lowest BCUT2D eigenvalue weighted by Crippen LogP contribution is -2.44.